The van der Waals surface area contributed by atoms with E-state index in [1.165, 1.54) is 0 Å². The third kappa shape index (κ3) is 5.26. The van der Waals surface area contributed by atoms with Gasteiger partial charge in [0.15, 0.2) is 6.23 Å². The van der Waals surface area contributed by atoms with Crippen molar-refractivity contribution in [1.82, 2.24) is 9.13 Å². The van der Waals surface area contributed by atoms with Crippen molar-refractivity contribution >= 4 is 7.82 Å². The van der Waals surface area contributed by atoms with Crippen LogP contribution in [-0.4, -0.2) is 54.1 Å². The molecule has 0 bridgehead atoms. The zero-order valence-electron chi connectivity index (χ0n) is 17.7. The summed E-state index contributed by atoms with van der Waals surface area (Å²) in [7, 11) is -4.83. The Kier molecular flexibility index (Phi) is 6.96. The van der Waals surface area contributed by atoms with Crippen LogP contribution < -0.4 is 11.2 Å². The third-order valence-corrected chi connectivity index (χ3v) is 5.97. The molecule has 1 aliphatic rings. The first kappa shape index (κ1) is 24.2. The minimum Gasteiger partial charge on any atom is -0.387 e. The van der Waals surface area contributed by atoms with Crippen molar-refractivity contribution in [2.45, 2.75) is 31.1 Å². The minimum atomic E-state index is -4.83. The lowest BCUT2D eigenvalue weighted by Crippen LogP contribution is -2.43. The highest BCUT2D eigenvalue weighted by atomic mass is 31.2. The number of aromatic nitrogens is 2. The molecule has 11 nitrogen and oxygen atoms in total. The molecule has 0 radical (unpaired) electrons. The van der Waals surface area contributed by atoms with Gasteiger partial charge in [0.2, 0.25) is 0 Å². The number of rotatable bonds is 7. The van der Waals surface area contributed by atoms with Crippen molar-refractivity contribution in [1.29, 1.82) is 0 Å². The second kappa shape index (κ2) is 9.77. The fourth-order valence-corrected chi connectivity index (χ4v) is 4.14. The fraction of sp³-hybridized carbons (Fsp3) is 0.273. The number of aliphatic hydroxyl groups excluding tert-OH is 2. The molecule has 1 unspecified atom stereocenters. The molecule has 2 heterocycles. The van der Waals surface area contributed by atoms with Gasteiger partial charge in [0, 0.05) is 12.3 Å². The van der Waals surface area contributed by atoms with E-state index in [0.717, 1.165) is 32.5 Å². The molecule has 1 saturated heterocycles. The highest BCUT2D eigenvalue weighted by Crippen LogP contribution is 2.38. The van der Waals surface area contributed by atoms with Crippen molar-refractivity contribution < 1.29 is 33.8 Å². The summed E-state index contributed by atoms with van der Waals surface area (Å²) in [6.07, 6.45) is -4.74. The molecule has 3 aromatic rings. The highest BCUT2D eigenvalue weighted by molar-refractivity contribution is 7.46. The van der Waals surface area contributed by atoms with Gasteiger partial charge in [-0.25, -0.2) is 9.36 Å². The Morgan fingerprint density at radius 1 is 0.941 bits per heavy atom. The van der Waals surface area contributed by atoms with Crippen LogP contribution in [0.4, 0.5) is 0 Å². The van der Waals surface area contributed by atoms with E-state index in [-0.39, 0.29) is 6.54 Å². The Bertz CT molecular complexity index is 1320. The summed E-state index contributed by atoms with van der Waals surface area (Å²) in [4.78, 5) is 43.3. The molecule has 0 aliphatic carbocycles. The molecule has 1 fully saturated rings. The second-order valence-electron chi connectivity index (χ2n) is 7.83. The van der Waals surface area contributed by atoms with Gasteiger partial charge in [-0.05, 0) is 22.8 Å². The third-order valence-electron chi connectivity index (χ3n) is 5.49. The molecule has 0 amide bonds. The zero-order chi connectivity index (χ0) is 24.5. The lowest BCUT2D eigenvalue weighted by molar-refractivity contribution is -0.0548. The van der Waals surface area contributed by atoms with Crippen molar-refractivity contribution in [3.63, 3.8) is 0 Å². The van der Waals surface area contributed by atoms with Gasteiger partial charge in [-0.1, -0.05) is 48.5 Å². The number of hydrogen-bond donors (Lipinski definition) is 4. The minimum absolute atomic E-state index is 0.0463. The number of hydrogen-bond acceptors (Lipinski definition) is 7. The Morgan fingerprint density at radius 3 is 2.35 bits per heavy atom. The van der Waals surface area contributed by atoms with Gasteiger partial charge in [0.05, 0.1) is 13.2 Å². The van der Waals surface area contributed by atoms with Crippen LogP contribution in [0.25, 0.3) is 11.1 Å². The first-order valence-corrected chi connectivity index (χ1v) is 11.8. The summed E-state index contributed by atoms with van der Waals surface area (Å²) in [6, 6.07) is 18.1. The van der Waals surface area contributed by atoms with Gasteiger partial charge in [-0.2, -0.15) is 0 Å². The first-order valence-electron chi connectivity index (χ1n) is 10.3. The summed E-state index contributed by atoms with van der Waals surface area (Å²) < 4.78 is 22.6. The van der Waals surface area contributed by atoms with Gasteiger partial charge in [0.25, 0.3) is 5.56 Å². The van der Waals surface area contributed by atoms with Gasteiger partial charge in [0.1, 0.15) is 18.3 Å². The lowest BCUT2D eigenvalue weighted by atomic mass is 10.0. The Morgan fingerprint density at radius 2 is 1.65 bits per heavy atom. The van der Waals surface area contributed by atoms with Crippen LogP contribution in [-0.2, 0) is 20.4 Å². The average molecular weight is 490 g/mol. The second-order valence-corrected chi connectivity index (χ2v) is 9.07. The van der Waals surface area contributed by atoms with E-state index in [2.05, 4.69) is 4.52 Å². The van der Waals surface area contributed by atoms with Crippen molar-refractivity contribution in [2.24, 2.45) is 0 Å². The van der Waals surface area contributed by atoms with Crippen LogP contribution in [0.3, 0.4) is 0 Å². The normalized spacial score (nSPS) is 22.7. The van der Waals surface area contributed by atoms with Gasteiger partial charge < -0.3 is 24.7 Å². The van der Waals surface area contributed by atoms with Crippen molar-refractivity contribution in [3.05, 3.63) is 93.3 Å². The number of ether oxygens (including phenoxy) is 1. The zero-order valence-corrected chi connectivity index (χ0v) is 18.6. The predicted molar refractivity (Wildman–Crippen MR) is 120 cm³/mol. The van der Waals surface area contributed by atoms with E-state index in [1.807, 2.05) is 48.5 Å². The maximum absolute atomic E-state index is 13.1. The lowest BCUT2D eigenvalue weighted by Gasteiger charge is -2.19. The van der Waals surface area contributed by atoms with E-state index in [9.17, 15) is 24.4 Å². The first-order chi connectivity index (χ1) is 16.1. The highest BCUT2D eigenvalue weighted by Gasteiger charge is 2.45. The smallest absolute Gasteiger partial charge is 0.387 e. The summed E-state index contributed by atoms with van der Waals surface area (Å²) in [5.41, 5.74) is 1.22. The van der Waals surface area contributed by atoms with E-state index in [4.69, 9.17) is 14.5 Å². The van der Waals surface area contributed by atoms with Crippen molar-refractivity contribution in [3.8, 4) is 11.1 Å². The fourth-order valence-electron chi connectivity index (χ4n) is 3.80. The van der Waals surface area contributed by atoms with E-state index in [1.54, 1.807) is 6.07 Å². The topological polar surface area (TPSA) is 160 Å². The predicted octanol–water partition coefficient (Wildman–Crippen LogP) is 0.454. The van der Waals surface area contributed by atoms with Gasteiger partial charge >= 0.3 is 13.5 Å². The quantitative estimate of drug-likeness (QED) is 0.345. The molecule has 4 rings (SSSR count). The molecule has 1 aliphatic heterocycles. The maximum Gasteiger partial charge on any atom is 0.469 e. The summed E-state index contributed by atoms with van der Waals surface area (Å²) >= 11 is 0. The van der Waals surface area contributed by atoms with Crippen LogP contribution in [0, 0.1) is 0 Å². The van der Waals surface area contributed by atoms with Crippen LogP contribution in [0.1, 0.15) is 11.8 Å². The maximum atomic E-state index is 13.1. The molecule has 0 spiro atoms. The Balaban J connectivity index is 1.60. The van der Waals surface area contributed by atoms with Crippen LogP contribution in [0.2, 0.25) is 0 Å². The van der Waals surface area contributed by atoms with E-state index in [0.29, 0.717) is 5.56 Å². The van der Waals surface area contributed by atoms with E-state index < -0.39 is 50.2 Å². The summed E-state index contributed by atoms with van der Waals surface area (Å²) in [5.74, 6) is 0. The Hall–Kier alpha value is -2.89. The monoisotopic (exact) mass is 490 g/mol. The molecule has 34 heavy (non-hydrogen) atoms. The molecule has 2 aromatic carbocycles. The molecular formula is C22H23N2O9P. The SMILES string of the molecule is O=c1ccn([C@@H]2O[C@H](COP(=O)(O)O)[C@H](O)C2O)c(=O)n1Cc1cccc(-c2ccccc2)c1. The van der Waals surface area contributed by atoms with Crippen molar-refractivity contribution in [2.75, 3.05) is 6.61 Å². The molecule has 4 N–H and O–H groups in total. The van der Waals surface area contributed by atoms with E-state index >= 15 is 0 Å². The summed E-state index contributed by atoms with van der Waals surface area (Å²) in [5, 5.41) is 20.6. The van der Waals surface area contributed by atoms with Gasteiger partial charge in [-0.3, -0.25) is 18.5 Å². The molecular weight excluding hydrogens is 467 g/mol. The number of phosphoric ester groups is 1. The molecule has 0 saturated carbocycles. The standard InChI is InChI=1S/C22H23N2O9P/c25-18-9-10-23(21-20(27)19(26)17(33-21)13-32-34(29,30)31)22(28)24(18)12-14-5-4-8-16(11-14)15-6-2-1-3-7-15/h1-11,17,19-21,26-27H,12-13H2,(H2,29,30,31)/t17-,19+,20?,21-/m1/s1. The number of phosphoric acid groups is 1. The molecule has 1 aromatic heterocycles. The number of benzene rings is 2. The van der Waals surface area contributed by atoms with Crippen LogP contribution >= 0.6 is 7.82 Å². The van der Waals surface area contributed by atoms with Gasteiger partial charge in [-0.15, -0.1) is 0 Å². The molecule has 12 heteroatoms. The molecule has 180 valence electrons. The molecule has 4 atom stereocenters. The summed E-state index contributed by atoms with van der Waals surface area (Å²) in [6.45, 7) is -0.755. The average Bonchev–Trinajstić information content (AvgIpc) is 3.09. The largest absolute Gasteiger partial charge is 0.469 e. The number of nitrogens with zero attached hydrogens (tertiary/aromatic N) is 2. The van der Waals surface area contributed by atoms with Crippen LogP contribution in [0.5, 0.6) is 0 Å². The van der Waals surface area contributed by atoms with Crippen LogP contribution in [0.15, 0.2) is 76.4 Å². The number of aliphatic hydroxyl groups is 2. The Labute approximate surface area is 193 Å².